The average Bonchev–Trinajstić information content (AvgIpc) is 3.30. The van der Waals surface area contributed by atoms with Crippen LogP contribution in [0.5, 0.6) is 5.75 Å². The highest BCUT2D eigenvalue weighted by atomic mass is 19.3. The summed E-state index contributed by atoms with van der Waals surface area (Å²) >= 11 is 0. The van der Waals surface area contributed by atoms with Crippen LogP contribution in [0.2, 0.25) is 0 Å². The summed E-state index contributed by atoms with van der Waals surface area (Å²) in [7, 11) is 1.65. The van der Waals surface area contributed by atoms with Crippen LogP contribution < -0.4 is 15.4 Å². The molecule has 41 heavy (non-hydrogen) atoms. The van der Waals surface area contributed by atoms with E-state index in [4.69, 9.17) is 9.47 Å². The zero-order valence-electron chi connectivity index (χ0n) is 23.6. The van der Waals surface area contributed by atoms with Gasteiger partial charge in [0.05, 0.1) is 19.2 Å². The number of rotatable bonds is 7. The smallest absolute Gasteiger partial charge is 0.269 e. The van der Waals surface area contributed by atoms with Crippen LogP contribution in [-0.4, -0.2) is 110 Å². The number of amides is 3. The number of carbonyl (C=O) groups is 3. The van der Waals surface area contributed by atoms with E-state index in [9.17, 15) is 23.2 Å². The van der Waals surface area contributed by atoms with Gasteiger partial charge in [-0.2, -0.15) is 0 Å². The molecule has 4 aliphatic rings. The molecule has 1 aromatic rings. The Bertz CT molecular complexity index is 1160. The second-order valence-corrected chi connectivity index (χ2v) is 11.5. The number of carbonyl (C=O) groups excluding carboxylic acids is 3. The molecule has 10 nitrogen and oxygen atoms in total. The summed E-state index contributed by atoms with van der Waals surface area (Å²) < 4.78 is 40.1. The fourth-order valence-corrected chi connectivity index (χ4v) is 6.28. The van der Waals surface area contributed by atoms with Crippen LogP contribution in [0, 0.1) is 5.92 Å². The van der Waals surface area contributed by atoms with Crippen molar-refractivity contribution in [3.05, 3.63) is 29.8 Å². The van der Waals surface area contributed by atoms with E-state index >= 15 is 0 Å². The first-order valence-electron chi connectivity index (χ1n) is 14.4. The number of aliphatic imine (C=N–C) groups is 1. The number of likely N-dealkylation sites (N-methyl/N-ethyl adjacent to an activating group) is 1. The molecule has 0 saturated carbocycles. The van der Waals surface area contributed by atoms with Crippen molar-refractivity contribution in [1.82, 2.24) is 20.4 Å². The fraction of sp³-hybridized carbons (Fsp3) is 0.655. The molecule has 3 amide bonds. The van der Waals surface area contributed by atoms with Crippen molar-refractivity contribution in [3.8, 4) is 5.75 Å². The maximum Gasteiger partial charge on any atom is 0.269 e. The van der Waals surface area contributed by atoms with Crippen LogP contribution in [0.25, 0.3) is 0 Å². The highest BCUT2D eigenvalue weighted by Crippen LogP contribution is 2.36. The van der Waals surface area contributed by atoms with E-state index in [-0.39, 0.29) is 37.3 Å². The maximum absolute atomic E-state index is 14.4. The number of alkyl halides is 2. The number of ether oxygens (including phenoxy) is 2. The van der Waals surface area contributed by atoms with Crippen molar-refractivity contribution in [3.63, 3.8) is 0 Å². The van der Waals surface area contributed by atoms with E-state index in [0.717, 1.165) is 11.3 Å². The number of halogens is 2. The third-order valence-corrected chi connectivity index (χ3v) is 8.76. The van der Waals surface area contributed by atoms with Gasteiger partial charge in [-0.1, -0.05) is 18.2 Å². The van der Waals surface area contributed by atoms with Gasteiger partial charge in [0, 0.05) is 56.5 Å². The molecule has 224 valence electrons. The quantitative estimate of drug-likeness (QED) is 0.475. The standard InChI is InChI=1S/C29H39F2N5O5/c1-18(32-2)26(37)34-25(19-7-10-40-11-8-19)28(39)36-15-21-13-29(30,31)17-35(21)16-23(36)27(38)33-14-20-9-12-41-24-6-4-3-5-22(20)24/h3-6,14,18-21,23,25,32H,7-13,15-17H2,1-2H3,(H,34,37)/t18-,20?,21+,23-,25-/m0/s1. The number of piperazine rings is 1. The van der Waals surface area contributed by atoms with E-state index in [1.54, 1.807) is 25.1 Å². The molecular formula is C29H39F2N5O5. The molecule has 3 fully saturated rings. The number of hydrogen-bond acceptors (Lipinski definition) is 7. The minimum atomic E-state index is -2.90. The van der Waals surface area contributed by atoms with Crippen molar-refractivity contribution >= 4 is 23.9 Å². The fourth-order valence-electron chi connectivity index (χ4n) is 6.28. The minimum absolute atomic E-state index is 0.0301. The predicted molar refractivity (Wildman–Crippen MR) is 147 cm³/mol. The van der Waals surface area contributed by atoms with E-state index < -0.39 is 48.4 Å². The summed E-state index contributed by atoms with van der Waals surface area (Å²) in [6.45, 7) is 2.56. The molecule has 5 atom stereocenters. The first-order valence-corrected chi connectivity index (χ1v) is 14.4. The zero-order chi connectivity index (χ0) is 29.1. The second kappa shape index (κ2) is 12.5. The van der Waals surface area contributed by atoms with Crippen LogP contribution in [0.1, 0.15) is 44.1 Å². The van der Waals surface area contributed by atoms with Crippen LogP contribution in [0.4, 0.5) is 8.78 Å². The number of para-hydroxylation sites is 1. The van der Waals surface area contributed by atoms with Crippen LogP contribution in [0.15, 0.2) is 29.3 Å². The Labute approximate surface area is 238 Å². The molecule has 4 aliphatic heterocycles. The number of benzene rings is 1. The van der Waals surface area contributed by atoms with Gasteiger partial charge in [-0.15, -0.1) is 0 Å². The van der Waals surface area contributed by atoms with Crippen molar-refractivity contribution in [2.45, 2.75) is 68.6 Å². The Balaban J connectivity index is 1.41. The van der Waals surface area contributed by atoms with Gasteiger partial charge in [-0.05, 0) is 45.2 Å². The lowest BCUT2D eigenvalue weighted by Crippen LogP contribution is -2.65. The Morgan fingerprint density at radius 3 is 2.63 bits per heavy atom. The highest BCUT2D eigenvalue weighted by molar-refractivity contribution is 5.96. The van der Waals surface area contributed by atoms with Gasteiger partial charge in [0.25, 0.3) is 11.8 Å². The van der Waals surface area contributed by atoms with E-state index in [1.807, 2.05) is 24.3 Å². The van der Waals surface area contributed by atoms with Gasteiger partial charge in [0.1, 0.15) is 17.8 Å². The zero-order valence-corrected chi connectivity index (χ0v) is 23.6. The maximum atomic E-state index is 14.4. The number of hydrogen-bond donors (Lipinski definition) is 2. The Morgan fingerprint density at radius 2 is 1.88 bits per heavy atom. The van der Waals surface area contributed by atoms with E-state index in [0.29, 0.717) is 39.1 Å². The lowest BCUT2D eigenvalue weighted by atomic mass is 9.89. The number of nitrogens with one attached hydrogen (secondary N) is 2. The highest BCUT2D eigenvalue weighted by Gasteiger charge is 2.52. The Hall–Kier alpha value is -2.96. The third kappa shape index (κ3) is 6.60. The largest absolute Gasteiger partial charge is 0.493 e. The molecule has 0 aliphatic carbocycles. The van der Waals surface area contributed by atoms with Gasteiger partial charge in [-0.3, -0.25) is 19.3 Å². The van der Waals surface area contributed by atoms with Gasteiger partial charge < -0.3 is 25.0 Å². The van der Waals surface area contributed by atoms with Crippen molar-refractivity contribution in [2.24, 2.45) is 10.9 Å². The normalized spacial score (nSPS) is 27.9. The molecule has 0 spiro atoms. The topological polar surface area (TPSA) is 113 Å². The van der Waals surface area contributed by atoms with E-state index in [2.05, 4.69) is 15.6 Å². The van der Waals surface area contributed by atoms with Crippen molar-refractivity contribution in [2.75, 3.05) is 46.5 Å². The SMILES string of the molecule is CN[C@@H](C)C(=O)N[C@H](C(=O)N1C[C@H]2CC(F)(F)CN2C[C@H]1C(=O)N=CC1CCOc2ccccc21)C1CCOCC1. The lowest BCUT2D eigenvalue weighted by Gasteiger charge is -2.44. The Morgan fingerprint density at radius 1 is 1.12 bits per heavy atom. The van der Waals surface area contributed by atoms with Gasteiger partial charge in [0.15, 0.2) is 0 Å². The van der Waals surface area contributed by atoms with Crippen LogP contribution in [-0.2, 0) is 19.1 Å². The minimum Gasteiger partial charge on any atom is -0.493 e. The monoisotopic (exact) mass is 575 g/mol. The average molecular weight is 576 g/mol. The third-order valence-electron chi connectivity index (χ3n) is 8.76. The molecule has 1 aromatic carbocycles. The van der Waals surface area contributed by atoms with Crippen LogP contribution >= 0.6 is 0 Å². The summed E-state index contributed by atoms with van der Waals surface area (Å²) in [5, 5.41) is 5.77. The van der Waals surface area contributed by atoms with Gasteiger partial charge >= 0.3 is 0 Å². The molecule has 4 heterocycles. The first kappa shape index (κ1) is 29.5. The molecule has 1 unspecified atom stereocenters. The molecular weight excluding hydrogens is 536 g/mol. The molecule has 0 aromatic heterocycles. The summed E-state index contributed by atoms with van der Waals surface area (Å²) in [4.78, 5) is 48.0. The van der Waals surface area contributed by atoms with Gasteiger partial charge in [0.2, 0.25) is 11.8 Å². The summed E-state index contributed by atoms with van der Waals surface area (Å²) in [5.41, 5.74) is 0.923. The molecule has 3 saturated heterocycles. The van der Waals surface area contributed by atoms with Gasteiger partial charge in [-0.25, -0.2) is 13.8 Å². The first-order chi connectivity index (χ1) is 19.7. The Kier molecular flexibility index (Phi) is 9.00. The summed E-state index contributed by atoms with van der Waals surface area (Å²) in [5.74, 6) is -3.84. The van der Waals surface area contributed by atoms with Crippen LogP contribution in [0.3, 0.4) is 0 Å². The lowest BCUT2D eigenvalue weighted by molar-refractivity contribution is -0.149. The van der Waals surface area contributed by atoms with Crippen molar-refractivity contribution < 1.29 is 32.6 Å². The van der Waals surface area contributed by atoms with E-state index in [1.165, 1.54) is 4.90 Å². The molecule has 0 radical (unpaired) electrons. The predicted octanol–water partition coefficient (Wildman–Crippen LogP) is 1.59. The molecule has 2 N–H and O–H groups in total. The number of fused-ring (bicyclic) bond motifs is 2. The summed E-state index contributed by atoms with van der Waals surface area (Å²) in [6, 6.07) is 4.50. The number of nitrogens with zero attached hydrogens (tertiary/aromatic N) is 3. The molecule has 0 bridgehead atoms. The molecule has 5 rings (SSSR count). The molecule has 12 heteroatoms. The summed E-state index contributed by atoms with van der Waals surface area (Å²) in [6.07, 6.45) is 2.97. The van der Waals surface area contributed by atoms with Crippen molar-refractivity contribution in [1.29, 1.82) is 0 Å². The second-order valence-electron chi connectivity index (χ2n) is 11.5.